The number of aryl methyl sites for hydroxylation is 2. The van der Waals surface area contributed by atoms with Crippen LogP contribution in [0.3, 0.4) is 0 Å². The van der Waals surface area contributed by atoms with Crippen molar-refractivity contribution in [2.45, 2.75) is 13.8 Å². The molecule has 0 unspecified atom stereocenters. The number of aromatic nitrogens is 2. The van der Waals surface area contributed by atoms with E-state index < -0.39 is 0 Å². The minimum Gasteiger partial charge on any atom is -0.378 e. The van der Waals surface area contributed by atoms with Crippen molar-refractivity contribution in [1.29, 1.82) is 0 Å². The monoisotopic (exact) mass is 521 g/mol. The van der Waals surface area contributed by atoms with Gasteiger partial charge < -0.3 is 19.3 Å². The highest BCUT2D eigenvalue weighted by atomic mass is 32.1. The van der Waals surface area contributed by atoms with Crippen LogP contribution in [0.15, 0.2) is 29.1 Å². The fourth-order valence-corrected chi connectivity index (χ4v) is 6.02. The average Bonchev–Trinajstić information content (AvgIpc) is 3.40. The molecule has 2 aliphatic heterocycles. The van der Waals surface area contributed by atoms with Crippen LogP contribution in [0.25, 0.3) is 22.1 Å². The van der Waals surface area contributed by atoms with Gasteiger partial charge in [-0.1, -0.05) is 11.3 Å². The van der Waals surface area contributed by atoms with E-state index >= 15 is 0 Å². The molecule has 6 rings (SSSR count). The number of hydrogen-bond acceptors (Lipinski definition) is 9. The van der Waals surface area contributed by atoms with E-state index in [0.29, 0.717) is 73.4 Å². The molecule has 37 heavy (non-hydrogen) atoms. The first-order chi connectivity index (χ1) is 17.9. The summed E-state index contributed by atoms with van der Waals surface area (Å²) in [6.45, 7) is 8.77. The zero-order valence-corrected chi connectivity index (χ0v) is 21.5. The predicted molar refractivity (Wildman–Crippen MR) is 144 cm³/mol. The number of ether oxygens (including phenoxy) is 2. The maximum atomic E-state index is 13.5. The van der Waals surface area contributed by atoms with Gasteiger partial charge in [-0.25, -0.2) is 9.38 Å². The van der Waals surface area contributed by atoms with Crippen molar-refractivity contribution in [2.75, 3.05) is 62.4 Å². The Morgan fingerprint density at radius 3 is 2.22 bits per heavy atom. The van der Waals surface area contributed by atoms with Gasteiger partial charge in [-0.05, 0) is 49.2 Å². The number of benzene rings is 2. The van der Waals surface area contributed by atoms with Crippen molar-refractivity contribution in [3.05, 3.63) is 66.0 Å². The van der Waals surface area contributed by atoms with Crippen molar-refractivity contribution in [3.63, 3.8) is 0 Å². The number of thiazole rings is 1. The van der Waals surface area contributed by atoms with Crippen molar-refractivity contribution >= 4 is 50.5 Å². The van der Waals surface area contributed by atoms with E-state index in [9.17, 15) is 14.9 Å². The lowest BCUT2D eigenvalue weighted by molar-refractivity contribution is -0.384. The first-order valence-corrected chi connectivity index (χ1v) is 13.1. The Labute approximate surface area is 216 Å². The fraction of sp³-hybridized carbons (Fsp3) is 0.385. The van der Waals surface area contributed by atoms with E-state index in [1.54, 1.807) is 16.5 Å². The second-order valence-electron chi connectivity index (χ2n) is 9.43. The molecule has 2 aromatic carbocycles. The molecule has 0 spiro atoms. The lowest BCUT2D eigenvalue weighted by atomic mass is 10.1. The zero-order valence-electron chi connectivity index (χ0n) is 20.7. The highest BCUT2D eigenvalue weighted by Crippen LogP contribution is 2.37. The zero-order chi connectivity index (χ0) is 25.7. The van der Waals surface area contributed by atoms with Crippen LogP contribution in [0.5, 0.6) is 0 Å². The lowest BCUT2D eigenvalue weighted by Crippen LogP contribution is -2.38. The normalized spacial score (nSPS) is 17.3. The van der Waals surface area contributed by atoms with Gasteiger partial charge >= 0.3 is 0 Å². The second kappa shape index (κ2) is 9.40. The maximum absolute atomic E-state index is 13.5. The molecule has 0 radical (unpaired) electrons. The summed E-state index contributed by atoms with van der Waals surface area (Å²) < 4.78 is 13.1. The summed E-state index contributed by atoms with van der Waals surface area (Å²) in [4.78, 5) is 34.8. The number of nitro groups is 1. The minimum atomic E-state index is -0.344. The molecule has 4 heterocycles. The van der Waals surface area contributed by atoms with Gasteiger partial charge in [-0.2, -0.15) is 0 Å². The van der Waals surface area contributed by atoms with Crippen LogP contribution in [0.1, 0.15) is 16.7 Å². The van der Waals surface area contributed by atoms with Gasteiger partial charge in [0.1, 0.15) is 5.69 Å². The van der Waals surface area contributed by atoms with E-state index in [1.807, 2.05) is 36.9 Å². The first-order valence-electron chi connectivity index (χ1n) is 12.3. The summed E-state index contributed by atoms with van der Waals surface area (Å²) in [7, 11) is 0. The standard InChI is InChI=1S/C26H27N5O5S/c1-16-11-19-21(12-17(16)2)30-25(32)24(37-26(30)27-19)14-18-13-23(31(33)34)22(29-5-9-36-10-6-29)15-20(18)28-3-7-35-8-4-28/h11-15H,3-10H2,1-2H3. The van der Waals surface area contributed by atoms with Crippen molar-refractivity contribution in [3.8, 4) is 0 Å². The molecule has 0 aliphatic carbocycles. The molecule has 2 aliphatic rings. The molecule has 0 saturated carbocycles. The molecule has 0 atom stereocenters. The fourth-order valence-electron chi connectivity index (χ4n) is 5.04. The molecular weight excluding hydrogens is 494 g/mol. The van der Waals surface area contributed by atoms with E-state index in [4.69, 9.17) is 9.47 Å². The number of nitro benzene ring substituents is 1. The van der Waals surface area contributed by atoms with Crippen molar-refractivity contribution in [1.82, 2.24) is 9.38 Å². The van der Waals surface area contributed by atoms with Crippen molar-refractivity contribution < 1.29 is 14.4 Å². The number of fused-ring (bicyclic) bond motifs is 3. The largest absolute Gasteiger partial charge is 0.378 e. The van der Waals surface area contributed by atoms with E-state index in [0.717, 1.165) is 27.8 Å². The Morgan fingerprint density at radius 2 is 1.57 bits per heavy atom. The van der Waals surface area contributed by atoms with Crippen LogP contribution >= 0.6 is 11.3 Å². The quantitative estimate of drug-likeness (QED) is 0.298. The smallest absolute Gasteiger partial charge is 0.293 e. The Bertz CT molecular complexity index is 1630. The molecule has 11 heteroatoms. The third-order valence-corrected chi connectivity index (χ3v) is 8.13. The Hall–Kier alpha value is -3.54. The van der Waals surface area contributed by atoms with Crippen LogP contribution in [-0.4, -0.2) is 66.9 Å². The van der Waals surface area contributed by atoms with Gasteiger partial charge in [0.05, 0.1) is 46.9 Å². The molecule has 2 saturated heterocycles. The van der Waals surface area contributed by atoms with Crippen LogP contribution in [0.4, 0.5) is 17.1 Å². The Morgan fingerprint density at radius 1 is 0.946 bits per heavy atom. The Kier molecular flexibility index (Phi) is 6.06. The van der Waals surface area contributed by atoms with Gasteiger partial charge in [-0.15, -0.1) is 0 Å². The molecule has 0 amide bonds. The van der Waals surface area contributed by atoms with E-state index in [2.05, 4.69) is 9.88 Å². The summed E-state index contributed by atoms with van der Waals surface area (Å²) in [5, 5.41) is 12.2. The number of anilines is 2. The molecule has 0 bridgehead atoms. The Balaban J connectivity index is 1.55. The number of hydrogen-bond donors (Lipinski definition) is 0. The van der Waals surface area contributed by atoms with Gasteiger partial charge in [0.25, 0.3) is 11.2 Å². The van der Waals surface area contributed by atoms with Gasteiger partial charge in [0.2, 0.25) is 0 Å². The summed E-state index contributed by atoms with van der Waals surface area (Å²) in [6.07, 6.45) is 1.77. The third kappa shape index (κ3) is 4.22. The van der Waals surface area contributed by atoms with Crippen LogP contribution in [-0.2, 0) is 9.47 Å². The van der Waals surface area contributed by atoms with Gasteiger partial charge in [0, 0.05) is 43.5 Å². The molecule has 2 fully saturated rings. The summed E-state index contributed by atoms with van der Waals surface area (Å²) in [5.74, 6) is 0. The number of rotatable bonds is 4. The van der Waals surface area contributed by atoms with Gasteiger partial charge in [0.15, 0.2) is 4.96 Å². The van der Waals surface area contributed by atoms with Crippen molar-refractivity contribution in [2.24, 2.45) is 0 Å². The maximum Gasteiger partial charge on any atom is 0.293 e. The lowest BCUT2D eigenvalue weighted by Gasteiger charge is -2.33. The SMILES string of the molecule is Cc1cc2nc3sc(=Cc4cc([N+](=O)[O-])c(N5CCOCC5)cc4N4CCOCC4)c(=O)n3c2cc1C. The van der Waals surface area contributed by atoms with Crippen LogP contribution < -0.4 is 19.9 Å². The number of morpholine rings is 2. The first kappa shape index (κ1) is 23.8. The second-order valence-corrected chi connectivity index (χ2v) is 10.4. The van der Waals surface area contributed by atoms with E-state index in [1.165, 1.54) is 11.3 Å². The molecule has 10 nitrogen and oxygen atoms in total. The van der Waals surface area contributed by atoms with Crippen LogP contribution in [0, 0.1) is 24.0 Å². The summed E-state index contributed by atoms with van der Waals surface area (Å²) in [6, 6.07) is 7.48. The summed E-state index contributed by atoms with van der Waals surface area (Å²) in [5.41, 5.74) is 5.72. The van der Waals surface area contributed by atoms with Gasteiger partial charge in [-0.3, -0.25) is 14.9 Å². The van der Waals surface area contributed by atoms with E-state index in [-0.39, 0.29) is 16.2 Å². The molecular formula is C26H27N5O5S. The third-order valence-electron chi connectivity index (χ3n) is 7.16. The molecule has 0 N–H and O–H groups in total. The van der Waals surface area contributed by atoms with Crippen LogP contribution in [0.2, 0.25) is 0 Å². The number of imidazole rings is 1. The average molecular weight is 522 g/mol. The topological polar surface area (TPSA) is 102 Å². The molecule has 4 aromatic rings. The highest BCUT2D eigenvalue weighted by Gasteiger charge is 2.26. The molecule has 192 valence electrons. The minimum absolute atomic E-state index is 0.0236. The predicted octanol–water partition coefficient (Wildman–Crippen LogP) is 2.66. The highest BCUT2D eigenvalue weighted by molar-refractivity contribution is 7.15. The molecule has 2 aromatic heterocycles. The summed E-state index contributed by atoms with van der Waals surface area (Å²) >= 11 is 1.30. The number of nitrogens with zero attached hydrogens (tertiary/aromatic N) is 5.